The van der Waals surface area contributed by atoms with Crippen LogP contribution >= 0.6 is 0 Å². The summed E-state index contributed by atoms with van der Waals surface area (Å²) >= 11 is 0. The number of ether oxygens (including phenoxy) is 1. The molecule has 0 aliphatic carbocycles. The van der Waals surface area contributed by atoms with Crippen LogP contribution in [0.3, 0.4) is 0 Å². The van der Waals surface area contributed by atoms with Gasteiger partial charge in [-0.3, -0.25) is 0 Å². The smallest absolute Gasteiger partial charge is 0.229 e. The molecule has 0 aliphatic heterocycles. The van der Waals surface area contributed by atoms with Crippen LogP contribution in [0.1, 0.15) is 36.7 Å². The quantitative estimate of drug-likeness (QED) is 0.863. The molecule has 0 saturated carbocycles. The first-order valence-corrected chi connectivity index (χ1v) is 6.32. The van der Waals surface area contributed by atoms with Gasteiger partial charge in [0.2, 0.25) is 11.7 Å². The van der Waals surface area contributed by atoms with Gasteiger partial charge < -0.3 is 14.4 Å². The Morgan fingerprint density at radius 3 is 2.68 bits per heavy atom. The molecule has 19 heavy (non-hydrogen) atoms. The van der Waals surface area contributed by atoms with Crippen molar-refractivity contribution in [3.8, 4) is 0 Å². The molecule has 2 rings (SSSR count). The lowest BCUT2D eigenvalue weighted by Crippen LogP contribution is -2.09. The van der Waals surface area contributed by atoms with Crippen LogP contribution in [0.4, 0.5) is 0 Å². The topological polar surface area (TPSA) is 68.4 Å². The zero-order valence-electron chi connectivity index (χ0n) is 11.1. The number of aromatic nitrogens is 2. The van der Waals surface area contributed by atoms with Crippen LogP contribution in [0.15, 0.2) is 34.9 Å². The lowest BCUT2D eigenvalue weighted by molar-refractivity contribution is 0.126. The van der Waals surface area contributed by atoms with Crippen molar-refractivity contribution < 1.29 is 14.4 Å². The summed E-state index contributed by atoms with van der Waals surface area (Å²) in [7, 11) is 1.61. The second-order valence-corrected chi connectivity index (χ2v) is 4.34. The van der Waals surface area contributed by atoms with E-state index in [1.54, 1.807) is 7.11 Å². The molecular weight excluding hydrogens is 244 g/mol. The summed E-state index contributed by atoms with van der Waals surface area (Å²) in [5.74, 6) is 0.911. The number of rotatable bonds is 6. The normalized spacial score (nSPS) is 14.3. The summed E-state index contributed by atoms with van der Waals surface area (Å²) in [6, 6.07) is 9.71. The van der Waals surface area contributed by atoms with Crippen molar-refractivity contribution in [3.05, 3.63) is 47.6 Å². The third-order valence-corrected chi connectivity index (χ3v) is 2.94. The van der Waals surface area contributed by atoms with Gasteiger partial charge in [-0.2, -0.15) is 4.98 Å². The first kappa shape index (κ1) is 13.7. The highest BCUT2D eigenvalue weighted by molar-refractivity contribution is 5.22. The maximum atomic E-state index is 9.57. The molecule has 0 aliphatic rings. The van der Waals surface area contributed by atoms with E-state index in [2.05, 4.69) is 10.1 Å². The Kier molecular flexibility index (Phi) is 4.65. The monoisotopic (exact) mass is 262 g/mol. The first-order valence-electron chi connectivity index (χ1n) is 6.32. The predicted molar refractivity (Wildman–Crippen MR) is 69.6 cm³/mol. The maximum Gasteiger partial charge on any atom is 0.229 e. The summed E-state index contributed by atoms with van der Waals surface area (Å²) in [6.07, 6.45) is 0.224. The van der Waals surface area contributed by atoms with Crippen molar-refractivity contribution in [2.45, 2.75) is 32.0 Å². The van der Waals surface area contributed by atoms with Crippen molar-refractivity contribution in [1.29, 1.82) is 0 Å². The number of hydrogen-bond donors (Lipinski definition) is 1. The van der Waals surface area contributed by atoms with E-state index in [-0.39, 0.29) is 6.10 Å². The Labute approximate surface area is 112 Å². The molecule has 5 nitrogen and oxygen atoms in total. The minimum absolute atomic E-state index is 0.350. The fourth-order valence-electron chi connectivity index (χ4n) is 1.82. The summed E-state index contributed by atoms with van der Waals surface area (Å²) in [5.41, 5.74) is 0.966. The van der Waals surface area contributed by atoms with Crippen LogP contribution in [0.5, 0.6) is 0 Å². The van der Waals surface area contributed by atoms with Crippen LogP contribution in [0.25, 0.3) is 0 Å². The number of benzene rings is 1. The van der Waals surface area contributed by atoms with E-state index >= 15 is 0 Å². The molecule has 1 heterocycles. The van der Waals surface area contributed by atoms with E-state index in [0.29, 0.717) is 24.6 Å². The molecule has 1 aromatic carbocycles. The van der Waals surface area contributed by atoms with Gasteiger partial charge in [-0.25, -0.2) is 0 Å². The van der Waals surface area contributed by atoms with E-state index in [1.165, 1.54) is 0 Å². The van der Waals surface area contributed by atoms with Crippen LogP contribution in [0, 0.1) is 0 Å². The molecule has 0 radical (unpaired) electrons. The number of hydrogen-bond acceptors (Lipinski definition) is 5. The molecule has 0 fully saturated rings. The van der Waals surface area contributed by atoms with Crippen molar-refractivity contribution in [1.82, 2.24) is 10.1 Å². The number of aliphatic hydroxyl groups is 1. The second kappa shape index (κ2) is 6.45. The van der Waals surface area contributed by atoms with E-state index in [9.17, 15) is 5.11 Å². The van der Waals surface area contributed by atoms with Gasteiger partial charge in [-0.05, 0) is 12.0 Å². The average Bonchev–Trinajstić information content (AvgIpc) is 2.89. The predicted octanol–water partition coefficient (Wildman–Crippen LogP) is 2.12. The van der Waals surface area contributed by atoms with Crippen molar-refractivity contribution in [3.63, 3.8) is 0 Å². The zero-order valence-corrected chi connectivity index (χ0v) is 11.1. The Hall–Kier alpha value is -1.72. The van der Waals surface area contributed by atoms with Gasteiger partial charge >= 0.3 is 0 Å². The minimum Gasteiger partial charge on any atom is -0.393 e. The average molecular weight is 262 g/mol. The van der Waals surface area contributed by atoms with Gasteiger partial charge in [0, 0.05) is 7.11 Å². The molecule has 5 heteroatoms. The Balaban J connectivity index is 2.16. The first-order chi connectivity index (χ1) is 9.24. The van der Waals surface area contributed by atoms with Crippen molar-refractivity contribution >= 4 is 0 Å². The molecule has 0 spiro atoms. The van der Waals surface area contributed by atoms with Crippen molar-refractivity contribution in [2.24, 2.45) is 0 Å². The molecular formula is C14H18N2O3. The van der Waals surface area contributed by atoms with Crippen molar-refractivity contribution in [2.75, 3.05) is 7.11 Å². The lowest BCUT2D eigenvalue weighted by atomic mass is 10.1. The summed E-state index contributed by atoms with van der Waals surface area (Å²) in [5, 5.41) is 13.5. The largest absolute Gasteiger partial charge is 0.393 e. The lowest BCUT2D eigenvalue weighted by Gasteiger charge is -2.10. The Morgan fingerprint density at radius 2 is 2.05 bits per heavy atom. The fraction of sp³-hybridized carbons (Fsp3) is 0.429. The van der Waals surface area contributed by atoms with E-state index in [0.717, 1.165) is 5.56 Å². The molecule has 0 saturated heterocycles. The van der Waals surface area contributed by atoms with Gasteiger partial charge in [-0.15, -0.1) is 0 Å². The van der Waals surface area contributed by atoms with Gasteiger partial charge in [0.15, 0.2) is 0 Å². The highest BCUT2D eigenvalue weighted by atomic mass is 16.5. The SMILES string of the molecule is CCC(O)Cc1nc(C(OC)c2ccccc2)no1. The molecule has 2 aromatic rings. The number of methoxy groups -OCH3 is 1. The van der Waals surface area contributed by atoms with Gasteiger partial charge in [-0.1, -0.05) is 42.4 Å². The minimum atomic E-state index is -0.453. The van der Waals surface area contributed by atoms with Gasteiger partial charge in [0.25, 0.3) is 0 Å². The third kappa shape index (κ3) is 3.39. The number of nitrogens with zero attached hydrogens (tertiary/aromatic N) is 2. The zero-order chi connectivity index (χ0) is 13.7. The summed E-state index contributed by atoms with van der Waals surface area (Å²) in [6.45, 7) is 1.91. The van der Waals surface area contributed by atoms with Crippen LogP contribution in [0.2, 0.25) is 0 Å². The van der Waals surface area contributed by atoms with E-state index in [1.807, 2.05) is 37.3 Å². The van der Waals surface area contributed by atoms with Crippen LogP contribution in [-0.2, 0) is 11.2 Å². The molecule has 2 unspecified atom stereocenters. The Bertz CT molecular complexity index is 498. The van der Waals surface area contributed by atoms with E-state index in [4.69, 9.17) is 9.26 Å². The molecule has 1 N–H and O–H groups in total. The van der Waals surface area contributed by atoms with Crippen LogP contribution in [-0.4, -0.2) is 28.5 Å². The molecule has 0 bridgehead atoms. The highest BCUT2D eigenvalue weighted by Crippen LogP contribution is 2.22. The summed E-state index contributed by atoms with van der Waals surface area (Å²) < 4.78 is 10.6. The molecule has 1 aromatic heterocycles. The maximum absolute atomic E-state index is 9.57. The highest BCUT2D eigenvalue weighted by Gasteiger charge is 2.20. The fourth-order valence-corrected chi connectivity index (χ4v) is 1.82. The van der Waals surface area contributed by atoms with Gasteiger partial charge in [0.1, 0.15) is 6.10 Å². The van der Waals surface area contributed by atoms with Gasteiger partial charge in [0.05, 0.1) is 12.5 Å². The molecule has 102 valence electrons. The third-order valence-electron chi connectivity index (χ3n) is 2.94. The standard InChI is InChI=1S/C14H18N2O3/c1-3-11(17)9-12-15-14(16-19-12)13(18-2)10-7-5-4-6-8-10/h4-8,11,13,17H,3,9H2,1-2H3. The molecule has 2 atom stereocenters. The Morgan fingerprint density at radius 1 is 1.32 bits per heavy atom. The van der Waals surface area contributed by atoms with E-state index < -0.39 is 6.10 Å². The number of aliphatic hydroxyl groups excluding tert-OH is 1. The second-order valence-electron chi connectivity index (χ2n) is 4.34. The molecule has 0 amide bonds. The summed E-state index contributed by atoms with van der Waals surface area (Å²) in [4.78, 5) is 4.28. The van der Waals surface area contributed by atoms with Crippen LogP contribution < -0.4 is 0 Å².